The van der Waals surface area contributed by atoms with Gasteiger partial charge in [-0.25, -0.2) is 0 Å². The van der Waals surface area contributed by atoms with Crippen molar-refractivity contribution in [3.8, 4) is 5.75 Å². The fourth-order valence-electron chi connectivity index (χ4n) is 2.21. The average molecular weight is 333 g/mol. The molecule has 0 fully saturated rings. The van der Waals surface area contributed by atoms with Crippen LogP contribution in [0.25, 0.3) is 0 Å². The topological polar surface area (TPSA) is 63.6 Å². The van der Waals surface area contributed by atoms with Crippen LogP contribution in [0.1, 0.15) is 33.6 Å². The van der Waals surface area contributed by atoms with E-state index in [4.69, 9.17) is 16.3 Å². The number of hydrogen-bond acceptors (Lipinski definition) is 4. The van der Waals surface area contributed by atoms with Crippen LogP contribution in [0.5, 0.6) is 5.75 Å². The Morgan fingerprint density at radius 2 is 1.78 bits per heavy atom. The molecule has 0 spiro atoms. The molecule has 0 heterocycles. The molecule has 1 atom stereocenters. The monoisotopic (exact) mass is 332 g/mol. The Bertz CT molecular complexity index is 694. The number of methoxy groups -OCH3 is 1. The highest BCUT2D eigenvalue weighted by Crippen LogP contribution is 2.21. The lowest BCUT2D eigenvalue weighted by Gasteiger charge is -2.12. The van der Waals surface area contributed by atoms with Crippen LogP contribution in [-0.2, 0) is 0 Å². The summed E-state index contributed by atoms with van der Waals surface area (Å²) < 4.78 is 5.11. The third kappa shape index (κ3) is 4.41. The van der Waals surface area contributed by atoms with Crippen LogP contribution in [0.3, 0.4) is 0 Å². The van der Waals surface area contributed by atoms with Gasteiger partial charge in [0.2, 0.25) is 0 Å². The van der Waals surface area contributed by atoms with E-state index in [1.54, 1.807) is 48.5 Å². The number of aliphatic hydroxyl groups excluding tert-OH is 1. The number of halogens is 1. The maximum Gasteiger partial charge on any atom is 0.194 e. The number of rotatable bonds is 7. The van der Waals surface area contributed by atoms with Crippen molar-refractivity contribution in [1.82, 2.24) is 0 Å². The van der Waals surface area contributed by atoms with Gasteiger partial charge in [0.25, 0.3) is 0 Å². The molecule has 2 aromatic carbocycles. The molecule has 0 bridgehead atoms. The van der Waals surface area contributed by atoms with E-state index in [1.165, 1.54) is 7.11 Å². The van der Waals surface area contributed by atoms with Crippen LogP contribution in [0, 0.1) is 0 Å². The van der Waals surface area contributed by atoms with Crippen LogP contribution >= 0.6 is 11.6 Å². The molecular formula is C18H17ClO4. The van der Waals surface area contributed by atoms with Crippen LogP contribution in [0.15, 0.2) is 48.5 Å². The Morgan fingerprint density at radius 1 is 1.13 bits per heavy atom. The van der Waals surface area contributed by atoms with Crippen LogP contribution in [0.4, 0.5) is 0 Å². The van der Waals surface area contributed by atoms with Crippen LogP contribution < -0.4 is 4.74 Å². The van der Waals surface area contributed by atoms with Gasteiger partial charge in [0.05, 0.1) is 12.7 Å². The number of ether oxygens (including phenoxy) is 1. The SMILES string of the molecule is COc1ccccc1C(=O)[C@H](O)CCC(=O)c1ccc(Cl)cc1. The number of para-hydroxylation sites is 1. The molecule has 2 aromatic rings. The predicted octanol–water partition coefficient (Wildman–Crippen LogP) is 3.56. The molecule has 0 aliphatic heterocycles. The number of carbonyl (C=O) groups excluding carboxylic acids is 2. The predicted molar refractivity (Wildman–Crippen MR) is 88.3 cm³/mol. The van der Waals surface area contributed by atoms with Gasteiger partial charge in [-0.15, -0.1) is 0 Å². The summed E-state index contributed by atoms with van der Waals surface area (Å²) in [6.07, 6.45) is -1.12. The van der Waals surface area contributed by atoms with Gasteiger partial charge in [0, 0.05) is 17.0 Å². The minimum atomic E-state index is -1.25. The minimum absolute atomic E-state index is 0.0539. The average Bonchev–Trinajstić information content (AvgIpc) is 2.59. The summed E-state index contributed by atoms with van der Waals surface area (Å²) in [4.78, 5) is 24.3. The standard InChI is InChI=1S/C18H17ClO4/c1-23-17-5-3-2-4-14(17)18(22)16(21)11-10-15(20)12-6-8-13(19)9-7-12/h2-9,16,21H,10-11H2,1H3/t16-/m1/s1. The van der Waals surface area contributed by atoms with Crippen molar-refractivity contribution in [2.45, 2.75) is 18.9 Å². The van der Waals surface area contributed by atoms with Gasteiger partial charge in [-0.2, -0.15) is 0 Å². The molecule has 1 N–H and O–H groups in total. The highest BCUT2D eigenvalue weighted by Gasteiger charge is 2.21. The number of hydrogen-bond donors (Lipinski definition) is 1. The second kappa shape index (κ2) is 7.90. The summed E-state index contributed by atoms with van der Waals surface area (Å²) in [5, 5.41) is 10.6. The van der Waals surface area contributed by atoms with Crippen LogP contribution in [0.2, 0.25) is 5.02 Å². The number of ketones is 2. The smallest absolute Gasteiger partial charge is 0.194 e. The van der Waals surface area contributed by atoms with Crippen molar-refractivity contribution in [1.29, 1.82) is 0 Å². The molecule has 0 amide bonds. The summed E-state index contributed by atoms with van der Waals surface area (Å²) in [7, 11) is 1.46. The van der Waals surface area contributed by atoms with Crippen molar-refractivity contribution in [3.63, 3.8) is 0 Å². The third-order valence-corrected chi connectivity index (χ3v) is 3.74. The second-order valence-electron chi connectivity index (χ2n) is 5.05. The minimum Gasteiger partial charge on any atom is -0.496 e. The van der Waals surface area contributed by atoms with Gasteiger partial charge in [-0.1, -0.05) is 23.7 Å². The van der Waals surface area contributed by atoms with Gasteiger partial charge in [-0.3, -0.25) is 9.59 Å². The Labute approximate surface area is 139 Å². The highest BCUT2D eigenvalue weighted by molar-refractivity contribution is 6.30. The lowest BCUT2D eigenvalue weighted by Crippen LogP contribution is -2.22. The molecule has 2 rings (SSSR count). The van der Waals surface area contributed by atoms with Crippen molar-refractivity contribution < 1.29 is 19.4 Å². The molecule has 0 aliphatic carbocycles. The molecule has 120 valence electrons. The van der Waals surface area contributed by atoms with Crippen LogP contribution in [-0.4, -0.2) is 29.9 Å². The molecule has 23 heavy (non-hydrogen) atoms. The van der Waals surface area contributed by atoms with Crippen molar-refractivity contribution in [2.75, 3.05) is 7.11 Å². The maximum absolute atomic E-state index is 12.3. The fourth-order valence-corrected chi connectivity index (χ4v) is 2.33. The summed E-state index contributed by atoms with van der Waals surface area (Å²) in [5.41, 5.74) is 0.813. The molecule has 0 aliphatic rings. The van der Waals surface area contributed by atoms with Crippen molar-refractivity contribution in [3.05, 3.63) is 64.7 Å². The van der Waals surface area contributed by atoms with E-state index >= 15 is 0 Å². The van der Waals surface area contributed by atoms with E-state index in [-0.39, 0.29) is 18.6 Å². The molecule has 4 nitrogen and oxygen atoms in total. The van der Waals surface area contributed by atoms with Gasteiger partial charge < -0.3 is 9.84 Å². The van der Waals surface area contributed by atoms with Gasteiger partial charge in [0.1, 0.15) is 11.9 Å². The molecule has 5 heteroatoms. The molecule has 0 radical (unpaired) electrons. The number of Topliss-reactive ketones (excluding diaryl/α,β-unsaturated/α-hetero) is 2. The largest absolute Gasteiger partial charge is 0.496 e. The highest BCUT2D eigenvalue weighted by atomic mass is 35.5. The third-order valence-electron chi connectivity index (χ3n) is 3.49. The van der Waals surface area contributed by atoms with E-state index in [0.29, 0.717) is 21.9 Å². The summed E-state index contributed by atoms with van der Waals surface area (Å²) >= 11 is 5.77. The first-order chi connectivity index (χ1) is 11.0. The van der Waals surface area contributed by atoms with E-state index < -0.39 is 11.9 Å². The molecule has 0 saturated carbocycles. The molecular weight excluding hydrogens is 316 g/mol. The number of carbonyl (C=O) groups is 2. The second-order valence-corrected chi connectivity index (χ2v) is 5.49. The Kier molecular flexibility index (Phi) is 5.90. The first-order valence-electron chi connectivity index (χ1n) is 7.17. The quantitative estimate of drug-likeness (QED) is 0.787. The number of aliphatic hydroxyl groups is 1. The Balaban J connectivity index is 1.98. The first kappa shape index (κ1) is 17.2. The van der Waals surface area contributed by atoms with Crippen molar-refractivity contribution >= 4 is 23.2 Å². The Hall–Kier alpha value is -2.17. The first-order valence-corrected chi connectivity index (χ1v) is 7.54. The normalized spacial score (nSPS) is 11.8. The molecule has 0 unspecified atom stereocenters. The van der Waals surface area contributed by atoms with E-state index in [1.807, 2.05) is 0 Å². The zero-order valence-electron chi connectivity index (χ0n) is 12.7. The van der Waals surface area contributed by atoms with E-state index in [0.717, 1.165) is 0 Å². The molecule has 0 aromatic heterocycles. The van der Waals surface area contributed by atoms with Crippen molar-refractivity contribution in [2.24, 2.45) is 0 Å². The zero-order chi connectivity index (χ0) is 16.8. The van der Waals surface area contributed by atoms with E-state index in [9.17, 15) is 14.7 Å². The summed E-state index contributed by atoms with van der Waals surface area (Å²) in [6.45, 7) is 0. The Morgan fingerprint density at radius 3 is 2.43 bits per heavy atom. The van der Waals surface area contributed by atoms with Gasteiger partial charge in [0.15, 0.2) is 11.6 Å². The maximum atomic E-state index is 12.3. The van der Waals surface area contributed by atoms with Gasteiger partial charge >= 0.3 is 0 Å². The summed E-state index contributed by atoms with van der Waals surface area (Å²) in [6, 6.07) is 13.2. The lowest BCUT2D eigenvalue weighted by atomic mass is 9.99. The summed E-state index contributed by atoms with van der Waals surface area (Å²) in [5.74, 6) is -0.194. The van der Waals surface area contributed by atoms with Gasteiger partial charge in [-0.05, 0) is 42.8 Å². The lowest BCUT2D eigenvalue weighted by molar-refractivity contribution is 0.0712. The van der Waals surface area contributed by atoms with E-state index in [2.05, 4.69) is 0 Å². The number of benzene rings is 2. The fraction of sp³-hybridized carbons (Fsp3) is 0.222. The molecule has 0 saturated heterocycles. The zero-order valence-corrected chi connectivity index (χ0v) is 13.4.